The molecule has 1 heterocycles. The molecule has 1 unspecified atom stereocenters. The normalized spacial score (nSPS) is 17.2. The van der Waals surface area contributed by atoms with Crippen molar-refractivity contribution in [2.24, 2.45) is 0 Å². The molecule has 3 amide bonds. The molecule has 0 saturated carbocycles. The van der Waals surface area contributed by atoms with Crippen LogP contribution in [0.5, 0.6) is 0 Å². The molecule has 1 aromatic carbocycles. The molecule has 7 nitrogen and oxygen atoms in total. The second-order valence-electron chi connectivity index (χ2n) is 6.98. The number of hydrogen-bond donors (Lipinski definition) is 2. The summed E-state index contributed by atoms with van der Waals surface area (Å²) in [5, 5.41) is 3.89. The van der Waals surface area contributed by atoms with Gasteiger partial charge in [0.15, 0.2) is 23.3 Å². The lowest BCUT2D eigenvalue weighted by molar-refractivity contribution is -0.134. The molecule has 1 atom stereocenters. The summed E-state index contributed by atoms with van der Waals surface area (Å²) in [6.07, 6.45) is -0.309. The van der Waals surface area contributed by atoms with E-state index in [0.29, 0.717) is 0 Å². The van der Waals surface area contributed by atoms with E-state index in [1.54, 1.807) is 0 Å². The van der Waals surface area contributed by atoms with Gasteiger partial charge in [0.2, 0.25) is 11.8 Å². The van der Waals surface area contributed by atoms with Crippen molar-refractivity contribution in [3.63, 3.8) is 0 Å². The first-order valence-corrected chi connectivity index (χ1v) is 8.07. The van der Waals surface area contributed by atoms with Gasteiger partial charge in [-0.2, -0.15) is 0 Å². The van der Waals surface area contributed by atoms with Crippen molar-refractivity contribution in [2.75, 3.05) is 0 Å². The number of nitrogens with one attached hydrogen (secondary N) is 2. The SMILES string of the molecule is CC(C)(C)OC(=O)c1c(F)c(F)c(F)c(F)c1C(=O)NC1CCC(=O)NC1=O. The fraction of sp³-hybridized carbons (Fsp3) is 0.412. The van der Waals surface area contributed by atoms with Crippen molar-refractivity contribution in [3.05, 3.63) is 34.4 Å². The van der Waals surface area contributed by atoms with Crippen molar-refractivity contribution in [1.29, 1.82) is 0 Å². The Morgan fingerprint density at radius 3 is 2.04 bits per heavy atom. The average molecular weight is 404 g/mol. The molecule has 0 bridgehead atoms. The standard InChI is InChI=1S/C17H16F4N2O5/c1-17(2,3)28-16(27)9-8(10(18)12(20)13(21)11(9)19)15(26)22-6-4-5-7(24)23-14(6)25/h6H,4-5H2,1-3H3,(H,22,26)(H,23,24,25). The highest BCUT2D eigenvalue weighted by Crippen LogP contribution is 2.27. The summed E-state index contributed by atoms with van der Waals surface area (Å²) in [6, 6.07) is -1.33. The van der Waals surface area contributed by atoms with Crippen LogP contribution in [-0.2, 0) is 14.3 Å². The maximum Gasteiger partial charge on any atom is 0.342 e. The van der Waals surface area contributed by atoms with Crippen molar-refractivity contribution < 1.29 is 41.5 Å². The van der Waals surface area contributed by atoms with Crippen LogP contribution < -0.4 is 10.6 Å². The Bertz CT molecular complexity index is 880. The van der Waals surface area contributed by atoms with E-state index in [1.165, 1.54) is 20.8 Å². The van der Waals surface area contributed by atoms with Crippen LogP contribution >= 0.6 is 0 Å². The molecular formula is C17H16F4N2O5. The van der Waals surface area contributed by atoms with E-state index in [1.807, 2.05) is 10.6 Å². The van der Waals surface area contributed by atoms with Crippen molar-refractivity contribution in [1.82, 2.24) is 10.6 Å². The van der Waals surface area contributed by atoms with Crippen LogP contribution in [0.4, 0.5) is 17.6 Å². The molecule has 1 aliphatic heterocycles. The van der Waals surface area contributed by atoms with E-state index in [0.717, 1.165) is 0 Å². The molecule has 1 aromatic rings. The largest absolute Gasteiger partial charge is 0.456 e. The third kappa shape index (κ3) is 4.29. The Labute approximate surface area is 156 Å². The number of carbonyl (C=O) groups excluding carboxylic acids is 4. The zero-order valence-corrected chi connectivity index (χ0v) is 15.0. The maximum atomic E-state index is 14.3. The molecule has 0 spiro atoms. The van der Waals surface area contributed by atoms with Gasteiger partial charge >= 0.3 is 5.97 Å². The Hall–Kier alpha value is -2.98. The lowest BCUT2D eigenvalue weighted by atomic mass is 10.0. The summed E-state index contributed by atoms with van der Waals surface area (Å²) in [4.78, 5) is 47.4. The lowest BCUT2D eigenvalue weighted by Crippen LogP contribution is -2.52. The van der Waals surface area contributed by atoms with Gasteiger partial charge in [0.1, 0.15) is 17.2 Å². The number of rotatable bonds is 3. The number of hydrogen-bond acceptors (Lipinski definition) is 5. The molecule has 0 aliphatic carbocycles. The maximum absolute atomic E-state index is 14.3. The first kappa shape index (κ1) is 21.3. The number of halogens is 4. The van der Waals surface area contributed by atoms with Crippen LogP contribution in [0.2, 0.25) is 0 Å². The smallest absolute Gasteiger partial charge is 0.342 e. The number of esters is 1. The van der Waals surface area contributed by atoms with Crippen molar-refractivity contribution in [2.45, 2.75) is 45.3 Å². The predicted molar refractivity (Wildman–Crippen MR) is 85.1 cm³/mol. The van der Waals surface area contributed by atoms with Gasteiger partial charge in [-0.25, -0.2) is 22.4 Å². The van der Waals surface area contributed by atoms with E-state index in [9.17, 15) is 36.7 Å². The zero-order chi connectivity index (χ0) is 21.4. The van der Waals surface area contributed by atoms with Gasteiger partial charge in [-0.3, -0.25) is 19.7 Å². The summed E-state index contributed by atoms with van der Waals surface area (Å²) in [5.41, 5.74) is -4.12. The number of benzene rings is 1. The monoisotopic (exact) mass is 404 g/mol. The van der Waals surface area contributed by atoms with Gasteiger partial charge in [0.05, 0.1) is 5.56 Å². The second-order valence-corrected chi connectivity index (χ2v) is 6.98. The summed E-state index contributed by atoms with van der Waals surface area (Å²) in [7, 11) is 0. The van der Waals surface area contributed by atoms with E-state index in [4.69, 9.17) is 4.74 Å². The molecule has 0 radical (unpaired) electrons. The summed E-state index contributed by atoms with van der Waals surface area (Å²) in [6.45, 7) is 4.13. The van der Waals surface area contributed by atoms with Gasteiger partial charge in [0, 0.05) is 6.42 Å². The van der Waals surface area contributed by atoms with Crippen LogP contribution in [-0.4, -0.2) is 35.3 Å². The van der Waals surface area contributed by atoms with Crippen LogP contribution in [0.15, 0.2) is 0 Å². The average Bonchev–Trinajstić information content (AvgIpc) is 2.56. The lowest BCUT2D eigenvalue weighted by Gasteiger charge is -2.23. The highest BCUT2D eigenvalue weighted by Gasteiger charge is 2.37. The number of piperidine rings is 1. The Morgan fingerprint density at radius 1 is 1.00 bits per heavy atom. The number of carbonyl (C=O) groups is 4. The molecule has 11 heteroatoms. The molecule has 152 valence electrons. The molecule has 1 aliphatic rings. The predicted octanol–water partition coefficient (Wildman–Crippen LogP) is 1.73. The minimum absolute atomic E-state index is 0.149. The Balaban J connectivity index is 2.49. The minimum atomic E-state index is -2.31. The van der Waals surface area contributed by atoms with Crippen molar-refractivity contribution >= 4 is 23.7 Å². The summed E-state index contributed by atoms with van der Waals surface area (Å²) < 4.78 is 60.6. The first-order chi connectivity index (χ1) is 12.8. The molecule has 1 fully saturated rings. The fourth-order valence-corrected chi connectivity index (χ4v) is 2.43. The zero-order valence-electron chi connectivity index (χ0n) is 15.0. The summed E-state index contributed by atoms with van der Waals surface area (Å²) >= 11 is 0. The third-order valence-corrected chi connectivity index (χ3v) is 3.64. The van der Waals surface area contributed by atoms with Crippen LogP contribution in [0.25, 0.3) is 0 Å². The number of ether oxygens (including phenoxy) is 1. The van der Waals surface area contributed by atoms with Crippen LogP contribution in [0.1, 0.15) is 54.3 Å². The molecule has 2 rings (SSSR count). The molecule has 28 heavy (non-hydrogen) atoms. The Morgan fingerprint density at radius 2 is 1.54 bits per heavy atom. The minimum Gasteiger partial charge on any atom is -0.456 e. The molecule has 2 N–H and O–H groups in total. The van der Waals surface area contributed by atoms with E-state index >= 15 is 0 Å². The van der Waals surface area contributed by atoms with Gasteiger partial charge in [-0.1, -0.05) is 0 Å². The second kappa shape index (κ2) is 7.56. The number of amides is 3. The van der Waals surface area contributed by atoms with Gasteiger partial charge in [0.25, 0.3) is 5.91 Å². The van der Waals surface area contributed by atoms with Gasteiger partial charge in [-0.15, -0.1) is 0 Å². The van der Waals surface area contributed by atoms with Crippen molar-refractivity contribution in [3.8, 4) is 0 Å². The Kier molecular flexibility index (Phi) is 5.76. The number of imide groups is 1. The van der Waals surface area contributed by atoms with E-state index < -0.39 is 69.7 Å². The fourth-order valence-electron chi connectivity index (χ4n) is 2.43. The highest BCUT2D eigenvalue weighted by atomic mass is 19.2. The van der Waals surface area contributed by atoms with E-state index in [2.05, 4.69) is 0 Å². The van der Waals surface area contributed by atoms with Crippen LogP contribution in [0, 0.1) is 23.3 Å². The first-order valence-electron chi connectivity index (χ1n) is 8.07. The highest BCUT2D eigenvalue weighted by molar-refractivity contribution is 6.08. The molecule has 0 aromatic heterocycles. The quantitative estimate of drug-likeness (QED) is 0.263. The summed E-state index contributed by atoms with van der Waals surface area (Å²) in [5.74, 6) is -13.5. The van der Waals surface area contributed by atoms with Crippen LogP contribution in [0.3, 0.4) is 0 Å². The molecule has 1 saturated heterocycles. The van der Waals surface area contributed by atoms with Gasteiger partial charge < -0.3 is 10.1 Å². The third-order valence-electron chi connectivity index (χ3n) is 3.64. The molecular weight excluding hydrogens is 388 g/mol. The van der Waals surface area contributed by atoms with E-state index in [-0.39, 0.29) is 12.8 Å². The van der Waals surface area contributed by atoms with Gasteiger partial charge in [-0.05, 0) is 27.2 Å². The topological polar surface area (TPSA) is 102 Å².